The highest BCUT2D eigenvalue weighted by Gasteiger charge is 2.38. The molecule has 0 spiro atoms. The third-order valence-corrected chi connectivity index (χ3v) is 13.0. The smallest absolute Gasteiger partial charge is 0.203 e. The lowest BCUT2D eigenvalue weighted by Gasteiger charge is -2.34. The van der Waals surface area contributed by atoms with Gasteiger partial charge in [0.05, 0.1) is 17.1 Å². The van der Waals surface area contributed by atoms with Gasteiger partial charge in [-0.1, -0.05) is 145 Å². The van der Waals surface area contributed by atoms with E-state index in [1.54, 1.807) is 0 Å². The molecule has 0 saturated heterocycles. The van der Waals surface area contributed by atoms with Crippen molar-refractivity contribution in [3.05, 3.63) is 175 Å². The molecule has 12 rings (SSSR count). The van der Waals surface area contributed by atoms with Gasteiger partial charge < -0.3 is 18.6 Å². The van der Waals surface area contributed by atoms with Gasteiger partial charge in [-0.05, 0) is 105 Å². The standard InChI is InChI=1S/C58H46BN2O3/c1-57(2,3)35-24-27-37(28-25-35)60-45-30-29-40-38-18-10-13-21-47(38)62-54(40)50(45)44-33-43-39-19-11-14-22-48(39)63-55(43)53-51(44)59-52-41-20-12-15-23-49(41)64-56(52)61(53)46-31-26-36(58(4,5)6)32-42(46)34-16-8-7-9-17-34/h7-33,60H,1-6H3. The first-order chi connectivity index (χ1) is 31.0. The van der Waals surface area contributed by atoms with E-state index >= 15 is 0 Å². The molecular formula is C58H46BN2O3. The van der Waals surface area contributed by atoms with E-state index in [0.29, 0.717) is 0 Å². The average molecular weight is 830 g/mol. The molecule has 11 aromatic rings. The predicted molar refractivity (Wildman–Crippen MR) is 268 cm³/mol. The van der Waals surface area contributed by atoms with Crippen LogP contribution >= 0.6 is 0 Å². The SMILES string of the molecule is CC(C)(C)c1ccc(Nc2ccc3c(oc4ccccc43)c2-c2cc3c(oc4ccccc43)c3c2[B]c2c(oc4ccccc24)N3c2ccc(C(C)(C)C)cc2-c2ccccc2)cc1. The Morgan fingerprint density at radius 1 is 0.469 bits per heavy atom. The van der Waals surface area contributed by atoms with Gasteiger partial charge in [0.15, 0.2) is 11.5 Å². The van der Waals surface area contributed by atoms with E-state index in [1.807, 2.05) is 18.2 Å². The molecule has 1 radical (unpaired) electrons. The highest BCUT2D eigenvalue weighted by Crippen LogP contribution is 2.51. The van der Waals surface area contributed by atoms with Gasteiger partial charge in [0.1, 0.15) is 22.3 Å². The maximum absolute atomic E-state index is 7.06. The van der Waals surface area contributed by atoms with E-state index in [9.17, 15) is 0 Å². The Morgan fingerprint density at radius 2 is 1.06 bits per heavy atom. The molecule has 1 N–H and O–H groups in total. The van der Waals surface area contributed by atoms with Crippen molar-refractivity contribution in [2.75, 3.05) is 10.2 Å². The zero-order chi connectivity index (χ0) is 43.5. The lowest BCUT2D eigenvalue weighted by Crippen LogP contribution is -2.40. The minimum atomic E-state index is -0.0823. The third kappa shape index (κ3) is 6.00. The second-order valence-electron chi connectivity index (χ2n) is 19.2. The molecule has 309 valence electrons. The molecule has 0 aliphatic carbocycles. The van der Waals surface area contributed by atoms with Gasteiger partial charge in [0.25, 0.3) is 0 Å². The largest absolute Gasteiger partial charge is 0.455 e. The van der Waals surface area contributed by atoms with Crippen LogP contribution in [0.5, 0.6) is 0 Å². The molecule has 0 atom stereocenters. The summed E-state index contributed by atoms with van der Waals surface area (Å²) in [6.07, 6.45) is 0. The Hall–Kier alpha value is -7.44. The van der Waals surface area contributed by atoms with Crippen LogP contribution in [0, 0.1) is 0 Å². The monoisotopic (exact) mass is 829 g/mol. The van der Waals surface area contributed by atoms with E-state index in [1.165, 1.54) is 11.1 Å². The van der Waals surface area contributed by atoms with E-state index in [2.05, 4.69) is 205 Å². The summed E-state index contributed by atoms with van der Waals surface area (Å²) in [6.45, 7) is 13.6. The fourth-order valence-electron chi connectivity index (χ4n) is 9.68. The highest BCUT2D eigenvalue weighted by atomic mass is 16.4. The molecule has 1 aliphatic rings. The number of benzene rings is 8. The molecular weight excluding hydrogens is 783 g/mol. The Labute approximate surface area is 373 Å². The highest BCUT2D eigenvalue weighted by molar-refractivity contribution is 6.76. The first-order valence-corrected chi connectivity index (χ1v) is 22.2. The molecule has 0 unspecified atom stereocenters. The molecule has 0 bridgehead atoms. The van der Waals surface area contributed by atoms with Crippen molar-refractivity contribution in [1.29, 1.82) is 0 Å². The predicted octanol–water partition coefficient (Wildman–Crippen LogP) is 15.3. The van der Waals surface area contributed by atoms with Crippen molar-refractivity contribution in [2.45, 2.75) is 52.4 Å². The molecule has 0 saturated carbocycles. The molecule has 0 fully saturated rings. The van der Waals surface area contributed by atoms with Crippen LogP contribution in [0.25, 0.3) is 77.1 Å². The number of nitrogens with zero attached hydrogens (tertiary/aromatic N) is 1. The van der Waals surface area contributed by atoms with Crippen molar-refractivity contribution < 1.29 is 13.3 Å². The third-order valence-electron chi connectivity index (χ3n) is 13.0. The van der Waals surface area contributed by atoms with Crippen LogP contribution in [-0.4, -0.2) is 7.28 Å². The number of anilines is 5. The normalized spacial score (nSPS) is 12.9. The number of rotatable bonds is 5. The van der Waals surface area contributed by atoms with E-state index in [0.717, 1.165) is 117 Å². The molecule has 3 aromatic heterocycles. The number of para-hydroxylation sites is 3. The number of hydrogen-bond donors (Lipinski definition) is 1. The lowest BCUT2D eigenvalue weighted by atomic mass is 9.58. The zero-order valence-corrected chi connectivity index (χ0v) is 36.8. The molecule has 8 aromatic carbocycles. The van der Waals surface area contributed by atoms with Gasteiger partial charge in [0.2, 0.25) is 7.28 Å². The van der Waals surface area contributed by atoms with E-state index in [-0.39, 0.29) is 10.8 Å². The van der Waals surface area contributed by atoms with E-state index < -0.39 is 0 Å². The van der Waals surface area contributed by atoms with Gasteiger partial charge in [-0.3, -0.25) is 4.90 Å². The van der Waals surface area contributed by atoms with Gasteiger partial charge in [-0.25, -0.2) is 0 Å². The summed E-state index contributed by atoms with van der Waals surface area (Å²) in [4.78, 5) is 2.32. The van der Waals surface area contributed by atoms with Gasteiger partial charge in [0, 0.05) is 43.7 Å². The quantitative estimate of drug-likeness (QED) is 0.175. The summed E-state index contributed by atoms with van der Waals surface area (Å²) in [5.74, 6) is 0.743. The second kappa shape index (κ2) is 14.0. The number of fused-ring (bicyclic) bond motifs is 11. The molecule has 64 heavy (non-hydrogen) atoms. The van der Waals surface area contributed by atoms with Crippen LogP contribution in [0.1, 0.15) is 52.7 Å². The average Bonchev–Trinajstić information content (AvgIpc) is 3.99. The molecule has 4 heterocycles. The van der Waals surface area contributed by atoms with E-state index in [4.69, 9.17) is 13.3 Å². The number of furan rings is 3. The summed E-state index contributed by atoms with van der Waals surface area (Å²) in [5.41, 5.74) is 16.6. The van der Waals surface area contributed by atoms with Gasteiger partial charge in [-0.2, -0.15) is 0 Å². The minimum Gasteiger partial charge on any atom is -0.455 e. The minimum absolute atomic E-state index is 0.0317. The summed E-state index contributed by atoms with van der Waals surface area (Å²) in [6, 6.07) is 58.1. The topological polar surface area (TPSA) is 54.7 Å². The van der Waals surface area contributed by atoms with Crippen LogP contribution in [0.4, 0.5) is 28.6 Å². The maximum Gasteiger partial charge on any atom is 0.203 e. The summed E-state index contributed by atoms with van der Waals surface area (Å²) in [5, 5.41) is 9.08. The van der Waals surface area contributed by atoms with Crippen LogP contribution in [0.3, 0.4) is 0 Å². The summed E-state index contributed by atoms with van der Waals surface area (Å²) in [7, 11) is 2.31. The van der Waals surface area contributed by atoms with Crippen LogP contribution in [0.2, 0.25) is 0 Å². The Balaban J connectivity index is 1.22. The Bertz CT molecular complexity index is 3640. The number of nitrogens with one attached hydrogen (secondary N) is 1. The zero-order valence-electron chi connectivity index (χ0n) is 36.8. The van der Waals surface area contributed by atoms with Crippen LogP contribution in [-0.2, 0) is 10.8 Å². The lowest BCUT2D eigenvalue weighted by molar-refractivity contribution is 0.590. The second-order valence-corrected chi connectivity index (χ2v) is 19.2. The fraction of sp³-hybridized carbons (Fsp3) is 0.138. The van der Waals surface area contributed by atoms with Crippen molar-refractivity contribution in [1.82, 2.24) is 0 Å². The van der Waals surface area contributed by atoms with Crippen molar-refractivity contribution in [3.8, 4) is 22.3 Å². The maximum atomic E-state index is 7.06. The molecule has 1 aliphatic heterocycles. The first kappa shape index (κ1) is 38.3. The Kier molecular flexibility index (Phi) is 8.39. The summed E-state index contributed by atoms with van der Waals surface area (Å²) >= 11 is 0. The number of hydrogen-bond acceptors (Lipinski definition) is 5. The molecule has 6 heteroatoms. The fourth-order valence-corrected chi connectivity index (χ4v) is 9.68. The Morgan fingerprint density at radius 3 is 1.75 bits per heavy atom. The van der Waals surface area contributed by atoms with Gasteiger partial charge in [-0.15, -0.1) is 0 Å². The van der Waals surface area contributed by atoms with Crippen LogP contribution in [0.15, 0.2) is 177 Å². The molecule has 0 amide bonds. The van der Waals surface area contributed by atoms with Crippen molar-refractivity contribution >= 4 is 102 Å². The van der Waals surface area contributed by atoms with Crippen LogP contribution < -0.4 is 21.1 Å². The van der Waals surface area contributed by atoms with Crippen molar-refractivity contribution in [2.24, 2.45) is 0 Å². The van der Waals surface area contributed by atoms with Gasteiger partial charge >= 0.3 is 0 Å². The molecule has 5 nitrogen and oxygen atoms in total. The first-order valence-electron chi connectivity index (χ1n) is 22.2. The summed E-state index contributed by atoms with van der Waals surface area (Å²) < 4.78 is 21.1. The van der Waals surface area contributed by atoms with Crippen molar-refractivity contribution in [3.63, 3.8) is 0 Å².